The number of rotatable bonds is 2. The van der Waals surface area contributed by atoms with Crippen molar-refractivity contribution in [3.63, 3.8) is 0 Å². The van der Waals surface area contributed by atoms with Gasteiger partial charge in [0.2, 0.25) is 11.8 Å². The number of likely N-dealkylation sites (N-methyl/N-ethyl adjacent to an activating group) is 1. The monoisotopic (exact) mass is 283 g/mol. The summed E-state index contributed by atoms with van der Waals surface area (Å²) in [5.74, 6) is 0.0395. The maximum atomic E-state index is 12.8. The zero-order chi connectivity index (χ0) is 14.7. The Kier molecular flexibility index (Phi) is 4.99. The average molecular weight is 283 g/mol. The van der Waals surface area contributed by atoms with Crippen molar-refractivity contribution in [1.29, 1.82) is 0 Å². The number of hydrogen-bond acceptors (Lipinski definition) is 4. The summed E-state index contributed by atoms with van der Waals surface area (Å²) >= 11 is 0. The minimum atomic E-state index is -0.523. The molecule has 114 valence electrons. The Morgan fingerprint density at radius 3 is 2.80 bits per heavy atom. The second kappa shape index (κ2) is 6.54. The molecule has 0 aromatic rings. The van der Waals surface area contributed by atoms with Crippen LogP contribution in [0.4, 0.5) is 0 Å². The van der Waals surface area contributed by atoms with Gasteiger partial charge in [0.05, 0.1) is 19.1 Å². The molecule has 1 saturated heterocycles. The molecule has 20 heavy (non-hydrogen) atoms. The molecule has 0 aromatic carbocycles. The van der Waals surface area contributed by atoms with Crippen LogP contribution in [0, 0.1) is 11.8 Å². The Bertz CT molecular complexity index is 375. The number of amides is 2. The lowest BCUT2D eigenvalue weighted by Crippen LogP contribution is -2.59. The second-order valence-electron chi connectivity index (χ2n) is 5.83. The molecule has 2 amide bonds. The lowest BCUT2D eigenvalue weighted by Gasteiger charge is -2.40. The van der Waals surface area contributed by atoms with Gasteiger partial charge in [-0.25, -0.2) is 0 Å². The van der Waals surface area contributed by atoms with Crippen LogP contribution in [0.25, 0.3) is 0 Å². The van der Waals surface area contributed by atoms with Crippen LogP contribution < -0.4 is 11.1 Å². The van der Waals surface area contributed by atoms with E-state index in [4.69, 9.17) is 10.5 Å². The first-order valence-corrected chi connectivity index (χ1v) is 7.41. The van der Waals surface area contributed by atoms with E-state index >= 15 is 0 Å². The second-order valence-corrected chi connectivity index (χ2v) is 5.83. The molecule has 0 radical (unpaired) electrons. The summed E-state index contributed by atoms with van der Waals surface area (Å²) in [6, 6.07) is -0.630. The molecule has 2 rings (SSSR count). The van der Waals surface area contributed by atoms with Crippen molar-refractivity contribution in [3.8, 4) is 0 Å². The number of hydrogen-bond donors (Lipinski definition) is 2. The molecule has 2 aliphatic rings. The van der Waals surface area contributed by atoms with Crippen LogP contribution in [-0.4, -0.2) is 55.6 Å². The Morgan fingerprint density at radius 2 is 2.10 bits per heavy atom. The molecule has 0 spiro atoms. The van der Waals surface area contributed by atoms with Crippen LogP contribution in [0.1, 0.15) is 26.2 Å². The molecular formula is C14H25N3O3. The summed E-state index contributed by atoms with van der Waals surface area (Å²) in [5.41, 5.74) is 6.20. The standard InChI is InChI=1S/C14H25N3O3/c1-9-4-3-5-10(12(9)15)14(19)17-6-7-20-8-11(17)13(18)16-2/h9-12H,3-8,15H2,1-2H3,(H,16,18). The minimum absolute atomic E-state index is 0.0148. The molecule has 0 aromatic heterocycles. The maximum Gasteiger partial charge on any atom is 0.244 e. The van der Waals surface area contributed by atoms with E-state index in [0.717, 1.165) is 19.3 Å². The zero-order valence-electron chi connectivity index (χ0n) is 12.3. The third kappa shape index (κ3) is 2.96. The number of morpholine rings is 1. The van der Waals surface area contributed by atoms with E-state index < -0.39 is 6.04 Å². The smallest absolute Gasteiger partial charge is 0.244 e. The zero-order valence-corrected chi connectivity index (χ0v) is 12.3. The molecule has 0 bridgehead atoms. The molecular weight excluding hydrogens is 258 g/mol. The average Bonchev–Trinajstić information content (AvgIpc) is 2.48. The highest BCUT2D eigenvalue weighted by Gasteiger charge is 2.40. The van der Waals surface area contributed by atoms with Gasteiger partial charge in [0.1, 0.15) is 6.04 Å². The van der Waals surface area contributed by atoms with Gasteiger partial charge < -0.3 is 20.7 Å². The molecule has 1 aliphatic carbocycles. The third-order valence-electron chi connectivity index (χ3n) is 4.57. The summed E-state index contributed by atoms with van der Waals surface area (Å²) in [6.45, 7) is 3.31. The number of nitrogens with one attached hydrogen (secondary N) is 1. The molecule has 4 unspecified atom stereocenters. The Balaban J connectivity index is 2.11. The van der Waals surface area contributed by atoms with Crippen LogP contribution in [0.3, 0.4) is 0 Å². The molecule has 6 heteroatoms. The van der Waals surface area contributed by atoms with E-state index in [1.165, 1.54) is 0 Å². The van der Waals surface area contributed by atoms with Crippen molar-refractivity contribution in [3.05, 3.63) is 0 Å². The highest BCUT2D eigenvalue weighted by Crippen LogP contribution is 2.30. The van der Waals surface area contributed by atoms with Crippen molar-refractivity contribution in [2.24, 2.45) is 17.6 Å². The van der Waals surface area contributed by atoms with Crippen molar-refractivity contribution in [2.75, 3.05) is 26.8 Å². The predicted molar refractivity (Wildman–Crippen MR) is 74.9 cm³/mol. The highest BCUT2D eigenvalue weighted by atomic mass is 16.5. The van der Waals surface area contributed by atoms with E-state index in [-0.39, 0.29) is 30.4 Å². The first kappa shape index (κ1) is 15.3. The van der Waals surface area contributed by atoms with Gasteiger partial charge >= 0.3 is 0 Å². The largest absolute Gasteiger partial charge is 0.377 e. The van der Waals surface area contributed by atoms with Gasteiger partial charge in [-0.1, -0.05) is 13.3 Å². The van der Waals surface area contributed by atoms with Crippen molar-refractivity contribution in [1.82, 2.24) is 10.2 Å². The molecule has 6 nitrogen and oxygen atoms in total. The highest BCUT2D eigenvalue weighted by molar-refractivity contribution is 5.89. The van der Waals surface area contributed by atoms with Crippen molar-refractivity contribution in [2.45, 2.75) is 38.3 Å². The topological polar surface area (TPSA) is 84.7 Å². The fourth-order valence-corrected chi connectivity index (χ4v) is 3.19. The van der Waals surface area contributed by atoms with Crippen molar-refractivity contribution < 1.29 is 14.3 Å². The van der Waals surface area contributed by atoms with Crippen LogP contribution in [0.15, 0.2) is 0 Å². The van der Waals surface area contributed by atoms with E-state index in [0.29, 0.717) is 19.1 Å². The first-order chi connectivity index (χ1) is 9.56. The van der Waals surface area contributed by atoms with Gasteiger partial charge in [-0.2, -0.15) is 0 Å². The van der Waals surface area contributed by atoms with E-state index in [1.807, 2.05) is 0 Å². The van der Waals surface area contributed by atoms with Gasteiger partial charge in [-0.05, 0) is 18.8 Å². The summed E-state index contributed by atoms with van der Waals surface area (Å²) in [5, 5.41) is 2.60. The summed E-state index contributed by atoms with van der Waals surface area (Å²) in [4.78, 5) is 26.3. The minimum Gasteiger partial charge on any atom is -0.377 e. The quantitative estimate of drug-likeness (QED) is 0.730. The Hall–Kier alpha value is -1.14. The van der Waals surface area contributed by atoms with E-state index in [1.54, 1.807) is 11.9 Å². The van der Waals surface area contributed by atoms with Gasteiger partial charge in [0, 0.05) is 19.6 Å². The lowest BCUT2D eigenvalue weighted by atomic mass is 9.77. The van der Waals surface area contributed by atoms with Gasteiger partial charge in [0.25, 0.3) is 0 Å². The SMILES string of the molecule is CNC(=O)C1COCCN1C(=O)C1CCCC(C)C1N. The lowest BCUT2D eigenvalue weighted by molar-refractivity contribution is -0.153. The van der Waals surface area contributed by atoms with Gasteiger partial charge in [-0.3, -0.25) is 9.59 Å². The number of nitrogens with two attached hydrogens (primary N) is 1. The first-order valence-electron chi connectivity index (χ1n) is 7.41. The molecule has 4 atom stereocenters. The number of ether oxygens (including phenoxy) is 1. The Morgan fingerprint density at radius 1 is 1.35 bits per heavy atom. The molecule has 1 saturated carbocycles. The Labute approximate surface area is 120 Å². The number of nitrogens with zero attached hydrogens (tertiary/aromatic N) is 1. The van der Waals surface area contributed by atoms with Crippen LogP contribution in [0.2, 0.25) is 0 Å². The van der Waals surface area contributed by atoms with Crippen LogP contribution in [0.5, 0.6) is 0 Å². The number of carbonyl (C=O) groups excluding carboxylic acids is 2. The third-order valence-corrected chi connectivity index (χ3v) is 4.57. The van der Waals surface area contributed by atoms with Crippen LogP contribution in [-0.2, 0) is 14.3 Å². The predicted octanol–water partition coefficient (Wildman–Crippen LogP) is -0.277. The summed E-state index contributed by atoms with van der Waals surface area (Å²) < 4.78 is 5.33. The van der Waals surface area contributed by atoms with E-state index in [2.05, 4.69) is 12.2 Å². The fourth-order valence-electron chi connectivity index (χ4n) is 3.19. The summed E-state index contributed by atoms with van der Waals surface area (Å²) in [6.07, 6.45) is 2.93. The van der Waals surface area contributed by atoms with Gasteiger partial charge in [-0.15, -0.1) is 0 Å². The number of carbonyl (C=O) groups is 2. The molecule has 1 heterocycles. The molecule has 3 N–H and O–H groups in total. The van der Waals surface area contributed by atoms with Gasteiger partial charge in [0.15, 0.2) is 0 Å². The van der Waals surface area contributed by atoms with Crippen molar-refractivity contribution >= 4 is 11.8 Å². The molecule has 2 fully saturated rings. The normalized spacial score (nSPS) is 34.6. The van der Waals surface area contributed by atoms with Crippen LogP contribution >= 0.6 is 0 Å². The summed E-state index contributed by atoms with van der Waals surface area (Å²) in [7, 11) is 1.58. The molecule has 1 aliphatic heterocycles. The van der Waals surface area contributed by atoms with E-state index in [9.17, 15) is 9.59 Å². The fraction of sp³-hybridized carbons (Fsp3) is 0.857. The maximum absolute atomic E-state index is 12.8.